The quantitative estimate of drug-likeness (QED) is 0.167. The Hall–Kier alpha value is -0.560. The first kappa shape index (κ1) is 30.0. The fourth-order valence-corrected chi connectivity index (χ4v) is 10.7. The molecule has 0 saturated heterocycles. The lowest BCUT2D eigenvalue weighted by Gasteiger charge is -2.25. The van der Waals surface area contributed by atoms with Crippen molar-refractivity contribution in [2.24, 2.45) is 0 Å². The van der Waals surface area contributed by atoms with Crippen LogP contribution in [0.25, 0.3) is 0 Å². The molecular weight excluding hydrogens is 521 g/mol. The van der Waals surface area contributed by atoms with Gasteiger partial charge in [-0.3, -0.25) is 0 Å². The van der Waals surface area contributed by atoms with Crippen LogP contribution < -0.4 is 9.47 Å². The minimum Gasteiger partial charge on any atom is -0.492 e. The van der Waals surface area contributed by atoms with Gasteiger partial charge in [-0.2, -0.15) is 0 Å². The van der Waals surface area contributed by atoms with Gasteiger partial charge in [0.25, 0.3) is 0 Å². The van der Waals surface area contributed by atoms with Crippen LogP contribution in [-0.2, 0) is 0 Å². The summed E-state index contributed by atoms with van der Waals surface area (Å²) in [4.78, 5) is 5.27. The number of unbranched alkanes of at least 4 members (excludes halogenated alkanes) is 6. The molecule has 3 rings (SSSR count). The van der Waals surface area contributed by atoms with E-state index < -0.39 is 0 Å². The van der Waals surface area contributed by atoms with E-state index in [9.17, 15) is 0 Å². The predicted molar refractivity (Wildman–Crippen MR) is 164 cm³/mol. The maximum Gasteiger partial charge on any atom is 0.134 e. The standard InChI is InChI=1S/C30H44O2S4/c1-7-9-11-13-19-31-25-17-15-23(21(3)4)27-29(25)35-36-30-26(32-20-14-12-10-8-2)18-16-24(22(5)6)28(30)34-33-27/h15-18,21-22H,7-14,19-20H2,1-6H3. The highest BCUT2D eigenvalue weighted by molar-refractivity contribution is 8.79. The Kier molecular flexibility index (Phi) is 13.1. The Bertz CT molecular complexity index is 881. The molecule has 0 bridgehead atoms. The van der Waals surface area contributed by atoms with Crippen molar-refractivity contribution in [2.75, 3.05) is 13.2 Å². The second-order valence-electron chi connectivity index (χ2n) is 10.1. The maximum atomic E-state index is 6.38. The Balaban J connectivity index is 1.89. The summed E-state index contributed by atoms with van der Waals surface area (Å²) < 4.78 is 12.8. The van der Waals surface area contributed by atoms with Crippen molar-refractivity contribution in [3.05, 3.63) is 35.4 Å². The van der Waals surface area contributed by atoms with E-state index in [1.54, 1.807) is 0 Å². The first-order valence-electron chi connectivity index (χ1n) is 13.8. The molecule has 200 valence electrons. The Morgan fingerprint density at radius 2 is 0.917 bits per heavy atom. The zero-order valence-corrected chi connectivity index (χ0v) is 26.3. The molecule has 0 N–H and O–H groups in total. The predicted octanol–water partition coefficient (Wildman–Crippen LogP) is 11.8. The SMILES string of the molecule is CCCCCCOc1ccc(C(C)C)c2c1SSc1c(OCCCCCC)ccc(C(C)C)c1SS2. The number of benzene rings is 2. The lowest BCUT2D eigenvalue weighted by atomic mass is 10.0. The average molecular weight is 565 g/mol. The van der Waals surface area contributed by atoms with Crippen LogP contribution >= 0.6 is 43.2 Å². The first-order chi connectivity index (χ1) is 17.5. The molecule has 0 amide bonds. The van der Waals surface area contributed by atoms with E-state index >= 15 is 0 Å². The van der Waals surface area contributed by atoms with Crippen molar-refractivity contribution < 1.29 is 9.47 Å². The molecule has 2 nitrogen and oxygen atoms in total. The van der Waals surface area contributed by atoms with Gasteiger partial charge in [0.2, 0.25) is 0 Å². The highest BCUT2D eigenvalue weighted by atomic mass is 33.1. The summed E-state index contributed by atoms with van der Waals surface area (Å²) in [6.45, 7) is 15.3. The van der Waals surface area contributed by atoms with Gasteiger partial charge >= 0.3 is 0 Å². The third-order valence-electron chi connectivity index (χ3n) is 6.38. The van der Waals surface area contributed by atoms with Crippen LogP contribution in [0.5, 0.6) is 11.5 Å². The molecule has 0 aliphatic carbocycles. The van der Waals surface area contributed by atoms with Gasteiger partial charge in [0.1, 0.15) is 11.5 Å². The summed E-state index contributed by atoms with van der Waals surface area (Å²) in [6.07, 6.45) is 9.76. The van der Waals surface area contributed by atoms with Crippen LogP contribution in [0.1, 0.15) is 116 Å². The Labute approximate surface area is 236 Å². The van der Waals surface area contributed by atoms with Gasteiger partial charge in [-0.1, -0.05) is 114 Å². The number of hydrogen-bond donors (Lipinski definition) is 0. The van der Waals surface area contributed by atoms with E-state index in [0.717, 1.165) is 37.6 Å². The van der Waals surface area contributed by atoms with Crippen molar-refractivity contribution >= 4 is 43.2 Å². The van der Waals surface area contributed by atoms with Gasteiger partial charge in [-0.15, -0.1) is 0 Å². The molecule has 1 heterocycles. The van der Waals surface area contributed by atoms with Gasteiger partial charge in [0.05, 0.1) is 23.0 Å². The van der Waals surface area contributed by atoms with Crippen molar-refractivity contribution in [3.8, 4) is 11.5 Å². The molecule has 0 saturated carbocycles. The van der Waals surface area contributed by atoms with Crippen LogP contribution in [0, 0.1) is 0 Å². The molecular formula is C30H44O2S4. The van der Waals surface area contributed by atoms with Gasteiger partial charge in [-0.05, 0) is 69.5 Å². The molecule has 2 aromatic rings. The van der Waals surface area contributed by atoms with E-state index in [1.807, 2.05) is 43.2 Å². The number of rotatable bonds is 14. The zero-order valence-electron chi connectivity index (χ0n) is 23.0. The summed E-state index contributed by atoms with van der Waals surface area (Å²) in [5, 5.41) is 0. The lowest BCUT2D eigenvalue weighted by molar-refractivity contribution is 0.296. The number of fused-ring (bicyclic) bond motifs is 2. The average Bonchev–Trinajstić information content (AvgIpc) is 2.84. The summed E-state index contributed by atoms with van der Waals surface area (Å²) in [7, 11) is 7.51. The summed E-state index contributed by atoms with van der Waals surface area (Å²) >= 11 is 0. The summed E-state index contributed by atoms with van der Waals surface area (Å²) in [5.41, 5.74) is 2.82. The fraction of sp³-hybridized carbons (Fsp3) is 0.600. The molecule has 6 heteroatoms. The van der Waals surface area contributed by atoms with E-state index in [0.29, 0.717) is 11.8 Å². The van der Waals surface area contributed by atoms with Crippen molar-refractivity contribution in [1.82, 2.24) is 0 Å². The molecule has 1 aliphatic heterocycles. The van der Waals surface area contributed by atoms with Crippen molar-refractivity contribution in [3.63, 3.8) is 0 Å². The molecule has 0 spiro atoms. The topological polar surface area (TPSA) is 18.5 Å². The molecule has 0 radical (unpaired) electrons. The smallest absolute Gasteiger partial charge is 0.134 e. The minimum atomic E-state index is 0.470. The van der Waals surface area contributed by atoms with E-state index in [-0.39, 0.29) is 0 Å². The van der Waals surface area contributed by atoms with Crippen molar-refractivity contribution in [2.45, 2.75) is 124 Å². The zero-order chi connectivity index (χ0) is 25.9. The monoisotopic (exact) mass is 564 g/mol. The molecule has 0 aromatic heterocycles. The molecule has 0 fully saturated rings. The molecule has 36 heavy (non-hydrogen) atoms. The third kappa shape index (κ3) is 8.22. The molecule has 0 atom stereocenters. The Morgan fingerprint density at radius 3 is 1.28 bits per heavy atom. The largest absolute Gasteiger partial charge is 0.492 e. The maximum absolute atomic E-state index is 6.38. The van der Waals surface area contributed by atoms with Crippen LogP contribution in [0.2, 0.25) is 0 Å². The van der Waals surface area contributed by atoms with Gasteiger partial charge < -0.3 is 9.47 Å². The van der Waals surface area contributed by atoms with Gasteiger partial charge in [0, 0.05) is 9.79 Å². The van der Waals surface area contributed by atoms with Gasteiger partial charge in [-0.25, -0.2) is 0 Å². The van der Waals surface area contributed by atoms with E-state index in [1.165, 1.54) is 69.2 Å². The second kappa shape index (κ2) is 15.8. The molecule has 0 unspecified atom stereocenters. The van der Waals surface area contributed by atoms with Crippen LogP contribution in [0.15, 0.2) is 43.8 Å². The summed E-state index contributed by atoms with van der Waals surface area (Å²) in [6, 6.07) is 8.96. The van der Waals surface area contributed by atoms with Gasteiger partial charge in [0.15, 0.2) is 0 Å². The number of ether oxygens (including phenoxy) is 2. The molecule has 2 aromatic carbocycles. The fourth-order valence-electron chi connectivity index (χ4n) is 4.17. The van der Waals surface area contributed by atoms with Crippen LogP contribution in [-0.4, -0.2) is 13.2 Å². The van der Waals surface area contributed by atoms with Crippen LogP contribution in [0.3, 0.4) is 0 Å². The summed E-state index contributed by atoms with van der Waals surface area (Å²) in [5.74, 6) is 3.00. The Morgan fingerprint density at radius 1 is 0.528 bits per heavy atom. The van der Waals surface area contributed by atoms with Crippen molar-refractivity contribution in [1.29, 1.82) is 0 Å². The number of hydrogen-bond acceptors (Lipinski definition) is 6. The third-order valence-corrected chi connectivity index (χ3v) is 11.7. The normalized spacial score (nSPS) is 13.3. The van der Waals surface area contributed by atoms with Crippen LogP contribution in [0.4, 0.5) is 0 Å². The van der Waals surface area contributed by atoms with E-state index in [2.05, 4.69) is 65.8 Å². The van der Waals surface area contributed by atoms with E-state index in [4.69, 9.17) is 9.47 Å². The first-order valence-corrected chi connectivity index (χ1v) is 18.1. The highest BCUT2D eigenvalue weighted by Gasteiger charge is 2.26. The lowest BCUT2D eigenvalue weighted by Crippen LogP contribution is -2.03. The highest BCUT2D eigenvalue weighted by Crippen LogP contribution is 2.60. The second-order valence-corrected chi connectivity index (χ2v) is 14.4. The molecule has 1 aliphatic rings. The minimum absolute atomic E-state index is 0.470.